The predicted molar refractivity (Wildman–Crippen MR) is 73.5 cm³/mol. The average Bonchev–Trinajstić information content (AvgIpc) is 2.84. The number of imide groups is 1. The largest absolute Gasteiger partial charge is 0.497 e. The fourth-order valence-electron chi connectivity index (χ4n) is 2.37. The number of ether oxygens (including phenoxy) is 2. The summed E-state index contributed by atoms with van der Waals surface area (Å²) in [6.45, 7) is 0. The highest BCUT2D eigenvalue weighted by molar-refractivity contribution is 6.02. The van der Waals surface area contributed by atoms with Gasteiger partial charge >= 0.3 is 5.97 Å². The lowest BCUT2D eigenvalue weighted by atomic mass is 10.0. The highest BCUT2D eigenvalue weighted by Gasteiger charge is 2.37. The molecule has 0 aliphatic carbocycles. The average molecular weight is 291 g/mol. The van der Waals surface area contributed by atoms with Gasteiger partial charge < -0.3 is 9.47 Å². The fourth-order valence-corrected chi connectivity index (χ4v) is 2.37. The van der Waals surface area contributed by atoms with Gasteiger partial charge in [-0.3, -0.25) is 19.3 Å². The lowest BCUT2D eigenvalue weighted by Crippen LogP contribution is -2.35. The maximum absolute atomic E-state index is 11.9. The van der Waals surface area contributed by atoms with E-state index in [0.29, 0.717) is 11.3 Å². The van der Waals surface area contributed by atoms with Crippen LogP contribution in [0.3, 0.4) is 0 Å². The van der Waals surface area contributed by atoms with E-state index < -0.39 is 12.0 Å². The van der Waals surface area contributed by atoms with Crippen molar-refractivity contribution in [3.63, 3.8) is 0 Å². The number of rotatable bonds is 5. The molecule has 0 radical (unpaired) electrons. The number of amides is 2. The molecule has 0 saturated carbocycles. The Balaban J connectivity index is 2.32. The minimum absolute atomic E-state index is 0.0552. The van der Waals surface area contributed by atoms with Crippen LogP contribution < -0.4 is 4.74 Å². The van der Waals surface area contributed by atoms with Crippen molar-refractivity contribution in [1.82, 2.24) is 4.90 Å². The Morgan fingerprint density at radius 1 is 1.14 bits per heavy atom. The SMILES string of the molecule is COC(=O)CC(c1ccc(OC)cc1)N1C(=O)CCC1=O. The molecule has 1 fully saturated rings. The van der Waals surface area contributed by atoms with E-state index in [-0.39, 0.29) is 31.1 Å². The Morgan fingerprint density at radius 2 is 1.71 bits per heavy atom. The molecule has 1 heterocycles. The summed E-state index contributed by atoms with van der Waals surface area (Å²) < 4.78 is 9.74. The smallest absolute Gasteiger partial charge is 0.307 e. The number of nitrogens with zero attached hydrogens (tertiary/aromatic N) is 1. The van der Waals surface area contributed by atoms with Crippen molar-refractivity contribution in [3.8, 4) is 5.75 Å². The zero-order chi connectivity index (χ0) is 15.4. The molecule has 0 spiro atoms. The zero-order valence-corrected chi connectivity index (χ0v) is 12.0. The van der Waals surface area contributed by atoms with Crippen molar-refractivity contribution >= 4 is 17.8 Å². The predicted octanol–water partition coefficient (Wildman–Crippen LogP) is 1.45. The van der Waals surface area contributed by atoms with Crippen LogP contribution in [0.25, 0.3) is 0 Å². The molecule has 1 aromatic carbocycles. The van der Waals surface area contributed by atoms with Gasteiger partial charge in [0.2, 0.25) is 11.8 Å². The molecule has 2 rings (SSSR count). The second-order valence-corrected chi connectivity index (χ2v) is 4.73. The second-order valence-electron chi connectivity index (χ2n) is 4.73. The molecule has 0 bridgehead atoms. The van der Waals surface area contributed by atoms with Crippen molar-refractivity contribution in [1.29, 1.82) is 0 Å². The van der Waals surface area contributed by atoms with Crippen molar-refractivity contribution in [2.75, 3.05) is 14.2 Å². The van der Waals surface area contributed by atoms with Crippen LogP contribution in [0.15, 0.2) is 24.3 Å². The molecular weight excluding hydrogens is 274 g/mol. The fraction of sp³-hybridized carbons (Fsp3) is 0.400. The standard InChI is InChI=1S/C15H17NO5/c1-20-11-5-3-10(4-6-11)12(9-15(19)21-2)16-13(17)7-8-14(16)18/h3-6,12H,7-9H2,1-2H3. The molecule has 1 saturated heterocycles. The molecule has 112 valence electrons. The number of likely N-dealkylation sites (tertiary alicyclic amines) is 1. The summed E-state index contributed by atoms with van der Waals surface area (Å²) in [6.07, 6.45) is 0.319. The molecule has 2 amide bonds. The normalized spacial score (nSPS) is 16.0. The summed E-state index contributed by atoms with van der Waals surface area (Å²) in [5, 5.41) is 0. The van der Waals surface area contributed by atoms with Crippen molar-refractivity contribution in [2.24, 2.45) is 0 Å². The maximum Gasteiger partial charge on any atom is 0.307 e. The third-order valence-corrected chi connectivity index (χ3v) is 3.49. The third kappa shape index (κ3) is 3.21. The summed E-state index contributed by atoms with van der Waals surface area (Å²) >= 11 is 0. The first-order valence-electron chi connectivity index (χ1n) is 6.62. The Kier molecular flexibility index (Phi) is 4.57. The Bertz CT molecular complexity index is 536. The Hall–Kier alpha value is -2.37. The van der Waals surface area contributed by atoms with E-state index in [0.717, 1.165) is 0 Å². The van der Waals surface area contributed by atoms with Crippen molar-refractivity contribution < 1.29 is 23.9 Å². The van der Waals surface area contributed by atoms with Crippen LogP contribution in [0.4, 0.5) is 0 Å². The van der Waals surface area contributed by atoms with Crippen LogP contribution in [0, 0.1) is 0 Å². The van der Waals surface area contributed by atoms with E-state index in [1.807, 2.05) is 0 Å². The maximum atomic E-state index is 11.9. The number of carbonyl (C=O) groups excluding carboxylic acids is 3. The van der Waals surface area contributed by atoms with Gasteiger partial charge in [-0.2, -0.15) is 0 Å². The molecule has 0 N–H and O–H groups in total. The van der Waals surface area contributed by atoms with Gasteiger partial charge in [-0.05, 0) is 17.7 Å². The molecule has 0 aromatic heterocycles. The molecule has 1 aromatic rings. The minimum atomic E-state index is -0.633. The lowest BCUT2D eigenvalue weighted by molar-refractivity contribution is -0.146. The quantitative estimate of drug-likeness (QED) is 0.606. The van der Waals surface area contributed by atoms with Crippen LogP contribution in [-0.4, -0.2) is 36.9 Å². The molecule has 1 unspecified atom stereocenters. The van der Waals surface area contributed by atoms with Crippen LogP contribution in [0.5, 0.6) is 5.75 Å². The van der Waals surface area contributed by atoms with Gasteiger partial charge in [0, 0.05) is 12.8 Å². The number of carbonyl (C=O) groups is 3. The summed E-state index contributed by atoms with van der Waals surface area (Å²) in [7, 11) is 2.83. The second kappa shape index (κ2) is 6.39. The molecular formula is C15H17NO5. The van der Waals surface area contributed by atoms with Crippen LogP contribution >= 0.6 is 0 Å². The number of methoxy groups -OCH3 is 2. The van der Waals surface area contributed by atoms with E-state index in [9.17, 15) is 14.4 Å². The monoisotopic (exact) mass is 291 g/mol. The molecule has 6 nitrogen and oxygen atoms in total. The van der Waals surface area contributed by atoms with Crippen molar-refractivity contribution in [2.45, 2.75) is 25.3 Å². The highest BCUT2D eigenvalue weighted by Crippen LogP contribution is 2.31. The van der Waals surface area contributed by atoms with E-state index in [1.54, 1.807) is 31.4 Å². The van der Waals surface area contributed by atoms with Gasteiger partial charge in [0.25, 0.3) is 0 Å². The Labute approximate surface area is 122 Å². The zero-order valence-electron chi connectivity index (χ0n) is 12.0. The van der Waals surface area contributed by atoms with Crippen LogP contribution in [-0.2, 0) is 19.1 Å². The van der Waals surface area contributed by atoms with Gasteiger partial charge in [-0.15, -0.1) is 0 Å². The summed E-state index contributed by atoms with van der Waals surface area (Å²) in [4.78, 5) is 36.6. The first kappa shape index (κ1) is 15.0. The van der Waals surface area contributed by atoms with Gasteiger partial charge in [0.15, 0.2) is 0 Å². The summed E-state index contributed by atoms with van der Waals surface area (Å²) in [5.74, 6) is -0.326. The van der Waals surface area contributed by atoms with Crippen LogP contribution in [0.2, 0.25) is 0 Å². The molecule has 1 atom stereocenters. The first-order chi connectivity index (χ1) is 10.1. The number of esters is 1. The van der Waals surface area contributed by atoms with E-state index >= 15 is 0 Å². The molecule has 1 aliphatic heterocycles. The van der Waals surface area contributed by atoms with E-state index in [2.05, 4.69) is 4.74 Å². The highest BCUT2D eigenvalue weighted by atomic mass is 16.5. The van der Waals surface area contributed by atoms with E-state index in [1.165, 1.54) is 12.0 Å². The molecule has 1 aliphatic rings. The van der Waals surface area contributed by atoms with Gasteiger partial charge in [-0.1, -0.05) is 12.1 Å². The minimum Gasteiger partial charge on any atom is -0.497 e. The topological polar surface area (TPSA) is 72.9 Å². The van der Waals surface area contributed by atoms with E-state index in [4.69, 9.17) is 4.74 Å². The van der Waals surface area contributed by atoms with Crippen LogP contribution in [0.1, 0.15) is 30.9 Å². The third-order valence-electron chi connectivity index (χ3n) is 3.49. The summed E-state index contributed by atoms with van der Waals surface area (Å²) in [6, 6.07) is 6.30. The van der Waals surface area contributed by atoms with Gasteiger partial charge in [-0.25, -0.2) is 0 Å². The Morgan fingerprint density at radius 3 is 2.19 bits per heavy atom. The van der Waals surface area contributed by atoms with Crippen molar-refractivity contribution in [3.05, 3.63) is 29.8 Å². The number of hydrogen-bond acceptors (Lipinski definition) is 5. The van der Waals surface area contributed by atoms with Gasteiger partial charge in [0.1, 0.15) is 5.75 Å². The first-order valence-corrected chi connectivity index (χ1v) is 6.62. The lowest BCUT2D eigenvalue weighted by Gasteiger charge is -2.26. The molecule has 21 heavy (non-hydrogen) atoms. The van der Waals surface area contributed by atoms with Gasteiger partial charge in [0.05, 0.1) is 26.7 Å². The molecule has 6 heteroatoms. The summed E-state index contributed by atoms with van der Waals surface area (Å²) in [5.41, 5.74) is 0.699. The number of benzene rings is 1. The number of hydrogen-bond donors (Lipinski definition) is 0.